The normalized spacial score (nSPS) is 11.4. The van der Waals surface area contributed by atoms with E-state index in [1.807, 2.05) is 26.8 Å². The van der Waals surface area contributed by atoms with E-state index in [0.717, 1.165) is 18.4 Å². The second-order valence-electron chi connectivity index (χ2n) is 4.74. The number of nitrogens with two attached hydrogens (primary N) is 1. The Bertz CT molecular complexity index is 428. The number of rotatable bonds is 5. The van der Waals surface area contributed by atoms with Gasteiger partial charge >= 0.3 is 0 Å². The number of nitrogens with one attached hydrogen (secondary N) is 1. The number of halogens is 1. The van der Waals surface area contributed by atoms with Gasteiger partial charge in [-0.15, -0.1) is 0 Å². The standard InChI is InChI=1S/C14H21ClN2O/c1-4-14(16,5-2)9-17-13(18)11-7-6-10(3)8-12(11)15/h6-8H,4-5,9,16H2,1-3H3,(H,17,18). The minimum atomic E-state index is -0.340. The summed E-state index contributed by atoms with van der Waals surface area (Å²) in [5.41, 5.74) is 7.33. The average molecular weight is 269 g/mol. The van der Waals surface area contributed by atoms with Gasteiger partial charge in [0.05, 0.1) is 10.6 Å². The molecule has 100 valence electrons. The summed E-state index contributed by atoms with van der Waals surface area (Å²) in [6.07, 6.45) is 1.65. The minimum Gasteiger partial charge on any atom is -0.350 e. The minimum absolute atomic E-state index is 0.170. The van der Waals surface area contributed by atoms with Crippen molar-refractivity contribution in [3.8, 4) is 0 Å². The quantitative estimate of drug-likeness (QED) is 0.863. The van der Waals surface area contributed by atoms with Crippen LogP contribution in [0.25, 0.3) is 0 Å². The molecule has 0 fully saturated rings. The van der Waals surface area contributed by atoms with Gasteiger partial charge in [-0.3, -0.25) is 4.79 Å². The fourth-order valence-corrected chi connectivity index (χ4v) is 1.98. The lowest BCUT2D eigenvalue weighted by Gasteiger charge is -2.26. The number of aryl methyl sites for hydroxylation is 1. The van der Waals surface area contributed by atoms with E-state index in [2.05, 4.69) is 5.32 Å². The molecule has 0 unspecified atom stereocenters. The van der Waals surface area contributed by atoms with E-state index in [-0.39, 0.29) is 11.4 Å². The van der Waals surface area contributed by atoms with E-state index >= 15 is 0 Å². The van der Waals surface area contributed by atoms with Crippen LogP contribution in [-0.4, -0.2) is 18.0 Å². The van der Waals surface area contributed by atoms with Crippen molar-refractivity contribution in [2.75, 3.05) is 6.54 Å². The smallest absolute Gasteiger partial charge is 0.252 e. The van der Waals surface area contributed by atoms with Crippen LogP contribution in [-0.2, 0) is 0 Å². The first-order valence-electron chi connectivity index (χ1n) is 6.25. The number of hydrogen-bond donors (Lipinski definition) is 2. The maximum Gasteiger partial charge on any atom is 0.252 e. The van der Waals surface area contributed by atoms with Gasteiger partial charge in [-0.2, -0.15) is 0 Å². The lowest BCUT2D eigenvalue weighted by Crippen LogP contribution is -2.49. The molecule has 0 aliphatic carbocycles. The van der Waals surface area contributed by atoms with Crippen molar-refractivity contribution < 1.29 is 4.79 Å². The Labute approximate surface area is 114 Å². The summed E-state index contributed by atoms with van der Waals surface area (Å²) in [6, 6.07) is 5.39. The molecule has 0 aliphatic rings. The van der Waals surface area contributed by atoms with Crippen LogP contribution in [0.4, 0.5) is 0 Å². The van der Waals surface area contributed by atoms with E-state index in [9.17, 15) is 4.79 Å². The molecule has 0 spiro atoms. The molecule has 0 heterocycles. The lowest BCUT2D eigenvalue weighted by atomic mass is 9.94. The Balaban J connectivity index is 2.71. The fraction of sp³-hybridized carbons (Fsp3) is 0.500. The van der Waals surface area contributed by atoms with Crippen LogP contribution in [0, 0.1) is 6.92 Å². The Kier molecular flexibility index (Phi) is 5.17. The molecule has 18 heavy (non-hydrogen) atoms. The fourth-order valence-electron chi connectivity index (χ4n) is 1.66. The van der Waals surface area contributed by atoms with Crippen molar-refractivity contribution in [2.45, 2.75) is 39.2 Å². The van der Waals surface area contributed by atoms with E-state index in [4.69, 9.17) is 17.3 Å². The number of amides is 1. The van der Waals surface area contributed by atoms with Crippen LogP contribution in [0.3, 0.4) is 0 Å². The molecule has 0 aromatic heterocycles. The molecule has 1 rings (SSSR count). The third-order valence-electron chi connectivity index (χ3n) is 3.38. The first-order chi connectivity index (χ1) is 8.41. The van der Waals surface area contributed by atoms with Crippen LogP contribution < -0.4 is 11.1 Å². The first-order valence-corrected chi connectivity index (χ1v) is 6.63. The number of carbonyl (C=O) groups is 1. The van der Waals surface area contributed by atoms with Gasteiger partial charge in [0, 0.05) is 12.1 Å². The molecule has 0 radical (unpaired) electrons. The Morgan fingerprint density at radius 3 is 2.50 bits per heavy atom. The first kappa shape index (κ1) is 15.0. The van der Waals surface area contributed by atoms with E-state index in [1.165, 1.54) is 0 Å². The number of carbonyl (C=O) groups excluding carboxylic acids is 1. The van der Waals surface area contributed by atoms with Crippen LogP contribution in [0.15, 0.2) is 18.2 Å². The van der Waals surface area contributed by atoms with Gasteiger partial charge in [-0.25, -0.2) is 0 Å². The topological polar surface area (TPSA) is 55.1 Å². The summed E-state index contributed by atoms with van der Waals surface area (Å²) < 4.78 is 0. The Morgan fingerprint density at radius 2 is 2.00 bits per heavy atom. The maximum absolute atomic E-state index is 12.0. The summed E-state index contributed by atoms with van der Waals surface area (Å²) >= 11 is 6.05. The monoisotopic (exact) mass is 268 g/mol. The van der Waals surface area contributed by atoms with Gasteiger partial charge in [0.2, 0.25) is 0 Å². The molecule has 0 saturated carbocycles. The number of benzene rings is 1. The van der Waals surface area contributed by atoms with Crippen LogP contribution in [0.2, 0.25) is 5.02 Å². The second-order valence-corrected chi connectivity index (χ2v) is 5.14. The Hall–Kier alpha value is -1.06. The third kappa shape index (κ3) is 3.72. The van der Waals surface area contributed by atoms with Crippen LogP contribution in [0.1, 0.15) is 42.6 Å². The van der Waals surface area contributed by atoms with E-state index in [1.54, 1.807) is 12.1 Å². The summed E-state index contributed by atoms with van der Waals surface area (Å²) in [4.78, 5) is 12.0. The molecule has 3 nitrogen and oxygen atoms in total. The van der Waals surface area contributed by atoms with Crippen molar-refractivity contribution in [3.05, 3.63) is 34.3 Å². The summed E-state index contributed by atoms with van der Waals surface area (Å²) in [5.74, 6) is -0.170. The van der Waals surface area contributed by atoms with Gasteiger partial charge in [0.25, 0.3) is 5.91 Å². The molecule has 0 saturated heterocycles. The van der Waals surface area contributed by atoms with Gasteiger partial charge in [0.1, 0.15) is 0 Å². The van der Waals surface area contributed by atoms with Gasteiger partial charge in [0.15, 0.2) is 0 Å². The molecule has 0 aliphatic heterocycles. The van der Waals surface area contributed by atoms with Crippen LogP contribution >= 0.6 is 11.6 Å². The van der Waals surface area contributed by atoms with E-state index in [0.29, 0.717) is 17.1 Å². The van der Waals surface area contributed by atoms with Crippen LogP contribution in [0.5, 0.6) is 0 Å². The lowest BCUT2D eigenvalue weighted by molar-refractivity contribution is 0.0942. The number of hydrogen-bond acceptors (Lipinski definition) is 2. The molecule has 0 atom stereocenters. The molecule has 1 aromatic carbocycles. The average Bonchev–Trinajstić information content (AvgIpc) is 2.35. The third-order valence-corrected chi connectivity index (χ3v) is 3.69. The molecule has 0 bridgehead atoms. The molecular formula is C14H21ClN2O. The van der Waals surface area contributed by atoms with Gasteiger partial charge in [-0.05, 0) is 37.5 Å². The predicted octanol–water partition coefficient (Wildman–Crippen LogP) is 2.90. The predicted molar refractivity (Wildman–Crippen MR) is 76.0 cm³/mol. The Morgan fingerprint density at radius 1 is 1.39 bits per heavy atom. The highest BCUT2D eigenvalue weighted by atomic mass is 35.5. The molecule has 4 heteroatoms. The molecule has 3 N–H and O–H groups in total. The summed E-state index contributed by atoms with van der Waals surface area (Å²) in [6.45, 7) is 6.44. The van der Waals surface area contributed by atoms with Crippen molar-refractivity contribution in [1.82, 2.24) is 5.32 Å². The van der Waals surface area contributed by atoms with E-state index < -0.39 is 0 Å². The van der Waals surface area contributed by atoms with Crippen molar-refractivity contribution in [3.63, 3.8) is 0 Å². The second kappa shape index (κ2) is 6.21. The summed E-state index contributed by atoms with van der Waals surface area (Å²) in [7, 11) is 0. The largest absolute Gasteiger partial charge is 0.350 e. The van der Waals surface area contributed by atoms with Gasteiger partial charge in [-0.1, -0.05) is 31.5 Å². The zero-order chi connectivity index (χ0) is 13.8. The highest BCUT2D eigenvalue weighted by molar-refractivity contribution is 6.33. The zero-order valence-corrected chi connectivity index (χ0v) is 12.0. The SMILES string of the molecule is CCC(N)(CC)CNC(=O)c1ccc(C)cc1Cl. The molecule has 1 amide bonds. The van der Waals surface area contributed by atoms with Crippen molar-refractivity contribution >= 4 is 17.5 Å². The van der Waals surface area contributed by atoms with Crippen molar-refractivity contribution in [2.24, 2.45) is 5.73 Å². The highest BCUT2D eigenvalue weighted by Crippen LogP contribution is 2.18. The molecule has 1 aromatic rings. The molecular weight excluding hydrogens is 248 g/mol. The zero-order valence-electron chi connectivity index (χ0n) is 11.2. The highest BCUT2D eigenvalue weighted by Gasteiger charge is 2.21. The van der Waals surface area contributed by atoms with Gasteiger partial charge < -0.3 is 11.1 Å². The summed E-state index contributed by atoms with van der Waals surface area (Å²) in [5, 5.41) is 3.33. The maximum atomic E-state index is 12.0. The van der Waals surface area contributed by atoms with Crippen molar-refractivity contribution in [1.29, 1.82) is 0 Å².